The van der Waals surface area contributed by atoms with Crippen LogP contribution < -0.4 is 10.6 Å². The fourth-order valence-electron chi connectivity index (χ4n) is 10.2. The second-order valence-corrected chi connectivity index (χ2v) is 15.4. The molecule has 0 saturated heterocycles. The minimum Gasteiger partial charge on any atom is -0.396 e. The summed E-state index contributed by atoms with van der Waals surface area (Å²) in [4.78, 5) is 25.4. The van der Waals surface area contributed by atoms with Gasteiger partial charge in [0, 0.05) is 51.1 Å². The standard InChI is InChI=1S/2C20H23F2N3O2/c2*1-10(9-26)16-12-6-7-13(16)17-11(12)4-3-5-15(17)23-20(27)14-8-25(2)24-18(14)19(21)22/h2*3-5,8,10,12-13,16,19,26H,6-7,9H2,1-2H3,(H,23,27)/t10-,12?,13?,16?;/m1./s1. The van der Waals surface area contributed by atoms with Crippen molar-refractivity contribution >= 4 is 23.2 Å². The average Bonchev–Trinajstić information content (AvgIpc) is 4.01. The first-order valence-corrected chi connectivity index (χ1v) is 18.6. The number of nitrogens with zero attached hydrogens (tertiary/aromatic N) is 4. The van der Waals surface area contributed by atoms with Crippen molar-refractivity contribution in [1.29, 1.82) is 0 Å². The quantitative estimate of drug-likeness (QED) is 0.123. The third-order valence-corrected chi connectivity index (χ3v) is 12.3. The lowest BCUT2D eigenvalue weighted by Crippen LogP contribution is -2.18. The van der Waals surface area contributed by atoms with Crippen molar-refractivity contribution in [3.8, 4) is 0 Å². The van der Waals surface area contributed by atoms with Gasteiger partial charge in [-0.25, -0.2) is 17.6 Å². The van der Waals surface area contributed by atoms with Crippen LogP contribution in [0.3, 0.4) is 0 Å². The van der Waals surface area contributed by atoms with Crippen molar-refractivity contribution in [2.45, 2.75) is 76.1 Å². The summed E-state index contributed by atoms with van der Waals surface area (Å²) in [5.41, 5.74) is 4.80. The number of carbonyl (C=O) groups excluding carboxylic acids is 2. The fraction of sp³-hybridized carbons (Fsp3) is 0.500. The van der Waals surface area contributed by atoms with Gasteiger partial charge >= 0.3 is 0 Å². The molecular weight excluding hydrogens is 704 g/mol. The molecule has 10 nitrogen and oxygen atoms in total. The van der Waals surface area contributed by atoms with Gasteiger partial charge in [0.15, 0.2) is 0 Å². The lowest BCUT2D eigenvalue weighted by Gasteiger charge is -2.22. The molecule has 8 atom stereocenters. The molecule has 2 amide bonds. The van der Waals surface area contributed by atoms with E-state index in [1.54, 1.807) is 0 Å². The summed E-state index contributed by atoms with van der Waals surface area (Å²) in [5.74, 6) is 1.29. The third kappa shape index (κ3) is 6.50. The Morgan fingerprint density at radius 1 is 0.685 bits per heavy atom. The minimum atomic E-state index is -2.81. The Morgan fingerprint density at radius 2 is 1.06 bits per heavy atom. The predicted octanol–water partition coefficient (Wildman–Crippen LogP) is 7.66. The molecule has 7 unspecified atom stereocenters. The highest BCUT2D eigenvalue weighted by Gasteiger charge is 2.50. The van der Waals surface area contributed by atoms with Crippen LogP contribution in [-0.4, -0.2) is 54.8 Å². The van der Waals surface area contributed by atoms with E-state index in [1.165, 1.54) is 47.0 Å². The predicted molar refractivity (Wildman–Crippen MR) is 194 cm³/mol. The number of nitrogens with one attached hydrogen (secondary N) is 2. The van der Waals surface area contributed by atoms with Gasteiger partial charge in [0.1, 0.15) is 11.4 Å². The summed E-state index contributed by atoms with van der Waals surface area (Å²) < 4.78 is 55.2. The van der Waals surface area contributed by atoms with Gasteiger partial charge in [-0.2, -0.15) is 10.2 Å². The molecule has 8 rings (SSSR count). The SMILES string of the molecule is CC(CO)C1C2CCC1c1c(NC(=O)c3cn(C)nc3C(F)F)cccc12.C[C@H](CO)C1C2CCC1c1c(NC(=O)c3cn(C)nc3C(F)F)cccc12. The largest absolute Gasteiger partial charge is 0.396 e. The van der Waals surface area contributed by atoms with Crippen LogP contribution in [0.2, 0.25) is 0 Å². The number of carbonyl (C=O) groups is 2. The molecule has 2 heterocycles. The fourth-order valence-corrected chi connectivity index (χ4v) is 10.2. The van der Waals surface area contributed by atoms with Gasteiger partial charge in [-0.15, -0.1) is 0 Å². The summed E-state index contributed by atoms with van der Waals surface area (Å²) in [6.45, 7) is 4.40. The zero-order chi connectivity index (χ0) is 38.6. The first kappa shape index (κ1) is 37.7. The van der Waals surface area contributed by atoms with E-state index in [2.05, 4.69) is 46.8 Å². The molecule has 0 aliphatic heterocycles. The summed E-state index contributed by atoms with van der Waals surface area (Å²) in [6.07, 6.45) is 1.25. The molecule has 2 aromatic heterocycles. The second-order valence-electron chi connectivity index (χ2n) is 15.4. The van der Waals surface area contributed by atoms with Crippen molar-refractivity contribution in [2.24, 2.45) is 37.8 Å². The van der Waals surface area contributed by atoms with Gasteiger partial charge in [0.2, 0.25) is 0 Å². The van der Waals surface area contributed by atoms with Gasteiger partial charge < -0.3 is 20.8 Å². The molecule has 14 heteroatoms. The van der Waals surface area contributed by atoms with Crippen LogP contribution in [0.25, 0.3) is 0 Å². The van der Waals surface area contributed by atoms with Crippen LogP contribution in [0.4, 0.5) is 28.9 Å². The number of benzene rings is 2. The third-order valence-electron chi connectivity index (χ3n) is 12.3. The Hall–Kier alpha value is -4.56. The van der Waals surface area contributed by atoms with Crippen molar-refractivity contribution in [3.05, 3.63) is 93.6 Å². The number of anilines is 2. The average molecular weight is 751 g/mol. The summed E-state index contributed by atoms with van der Waals surface area (Å²) in [6, 6.07) is 11.6. The maximum Gasteiger partial charge on any atom is 0.282 e. The Bertz CT molecular complexity index is 1900. The summed E-state index contributed by atoms with van der Waals surface area (Å²) >= 11 is 0. The van der Waals surface area contributed by atoms with Gasteiger partial charge in [-0.05, 0) is 107 Å². The van der Waals surface area contributed by atoms with E-state index in [-0.39, 0.29) is 48.0 Å². The molecule has 0 radical (unpaired) electrons. The van der Waals surface area contributed by atoms with Crippen LogP contribution in [0, 0.1) is 23.7 Å². The van der Waals surface area contributed by atoms with E-state index in [4.69, 9.17) is 0 Å². The van der Waals surface area contributed by atoms with E-state index in [1.807, 2.05) is 24.3 Å². The molecule has 54 heavy (non-hydrogen) atoms. The monoisotopic (exact) mass is 750 g/mol. The van der Waals surface area contributed by atoms with E-state index >= 15 is 0 Å². The second kappa shape index (κ2) is 14.9. The van der Waals surface area contributed by atoms with Gasteiger partial charge in [0.05, 0.1) is 11.1 Å². The molecule has 288 valence electrons. The van der Waals surface area contributed by atoms with E-state index in [0.29, 0.717) is 35.0 Å². The Balaban J connectivity index is 0.000000167. The number of aliphatic hydroxyl groups is 2. The number of halogens is 4. The van der Waals surface area contributed by atoms with Crippen molar-refractivity contribution in [3.63, 3.8) is 0 Å². The number of aryl methyl sites for hydroxylation is 2. The molecule has 2 fully saturated rings. The van der Waals surface area contributed by atoms with Crippen LogP contribution in [0.5, 0.6) is 0 Å². The first-order chi connectivity index (χ1) is 25.8. The zero-order valence-electron chi connectivity index (χ0n) is 30.6. The lowest BCUT2D eigenvalue weighted by molar-refractivity contribution is 0.100. The normalized spacial score (nSPS) is 24.3. The van der Waals surface area contributed by atoms with Crippen LogP contribution in [-0.2, 0) is 14.1 Å². The van der Waals surface area contributed by atoms with Crippen LogP contribution >= 0.6 is 0 Å². The number of hydrogen-bond acceptors (Lipinski definition) is 6. The highest BCUT2D eigenvalue weighted by atomic mass is 19.3. The Kier molecular flexibility index (Phi) is 10.4. The van der Waals surface area contributed by atoms with Crippen LogP contribution in [0.1, 0.15) is 130 Å². The molecule has 2 saturated carbocycles. The maximum absolute atomic E-state index is 13.2. The minimum absolute atomic E-state index is 0.103. The molecule has 4 aliphatic rings. The number of alkyl halides is 4. The molecule has 0 spiro atoms. The van der Waals surface area contributed by atoms with Crippen LogP contribution in [0.15, 0.2) is 48.8 Å². The van der Waals surface area contributed by atoms with Gasteiger partial charge in [-0.1, -0.05) is 38.1 Å². The summed E-state index contributed by atoms with van der Waals surface area (Å²) in [5, 5.41) is 32.4. The highest BCUT2D eigenvalue weighted by Crippen LogP contribution is 2.62. The molecule has 4 aromatic rings. The van der Waals surface area contributed by atoms with E-state index in [9.17, 15) is 37.4 Å². The van der Waals surface area contributed by atoms with Crippen molar-refractivity contribution in [2.75, 3.05) is 23.8 Å². The zero-order valence-corrected chi connectivity index (χ0v) is 30.6. The number of aliphatic hydroxyl groups excluding tert-OH is 2. The number of hydrogen-bond donors (Lipinski definition) is 4. The number of rotatable bonds is 10. The number of fused-ring (bicyclic) bond motifs is 10. The number of aromatic nitrogens is 4. The van der Waals surface area contributed by atoms with Crippen molar-refractivity contribution in [1.82, 2.24) is 19.6 Å². The smallest absolute Gasteiger partial charge is 0.282 e. The summed E-state index contributed by atoms with van der Waals surface area (Å²) in [7, 11) is 3.03. The van der Waals surface area contributed by atoms with Gasteiger partial charge in [0.25, 0.3) is 24.7 Å². The topological polar surface area (TPSA) is 134 Å². The lowest BCUT2D eigenvalue weighted by atomic mass is 9.84. The first-order valence-electron chi connectivity index (χ1n) is 18.6. The maximum atomic E-state index is 13.2. The molecule has 4 bridgehead atoms. The van der Waals surface area contributed by atoms with E-state index < -0.39 is 36.1 Å². The van der Waals surface area contributed by atoms with Gasteiger partial charge in [-0.3, -0.25) is 19.0 Å². The van der Waals surface area contributed by atoms with E-state index in [0.717, 1.165) is 36.8 Å². The number of amides is 2. The molecular formula is C40H46F4N6O4. The molecule has 4 aliphatic carbocycles. The highest BCUT2D eigenvalue weighted by molar-refractivity contribution is 6.06. The van der Waals surface area contributed by atoms with Crippen molar-refractivity contribution < 1.29 is 37.4 Å². The Morgan fingerprint density at radius 3 is 1.41 bits per heavy atom. The molecule has 4 N–H and O–H groups in total. The molecule has 2 aromatic carbocycles. The Labute approximate surface area is 311 Å².